The lowest BCUT2D eigenvalue weighted by Crippen LogP contribution is -2.07. The summed E-state index contributed by atoms with van der Waals surface area (Å²) in [5.74, 6) is 0. The van der Waals surface area contributed by atoms with Crippen LogP contribution in [-0.2, 0) is 6.42 Å². The molecule has 0 unspecified atom stereocenters. The predicted molar refractivity (Wildman–Crippen MR) is 56.6 cm³/mol. The molecule has 0 aliphatic carbocycles. The van der Waals surface area contributed by atoms with Crippen molar-refractivity contribution in [1.82, 2.24) is 0 Å². The number of fused-ring (bicyclic) bond motifs is 1. The van der Waals surface area contributed by atoms with Crippen molar-refractivity contribution in [2.24, 2.45) is 0 Å². The SMILES string of the molecule is CCc1coc2cc(C)ccc2c1=O. The minimum atomic E-state index is 0.0914. The van der Waals surface area contributed by atoms with Crippen molar-refractivity contribution in [3.05, 3.63) is 45.8 Å². The van der Waals surface area contributed by atoms with Gasteiger partial charge in [-0.1, -0.05) is 13.0 Å². The number of hydrogen-bond donors (Lipinski definition) is 0. The fourth-order valence-corrected chi connectivity index (χ4v) is 1.52. The second kappa shape index (κ2) is 3.29. The van der Waals surface area contributed by atoms with Gasteiger partial charge in [-0.2, -0.15) is 0 Å². The van der Waals surface area contributed by atoms with Crippen LogP contribution in [0.3, 0.4) is 0 Å². The summed E-state index contributed by atoms with van der Waals surface area (Å²) in [7, 11) is 0. The molecule has 2 nitrogen and oxygen atoms in total. The maximum atomic E-state index is 11.8. The fourth-order valence-electron chi connectivity index (χ4n) is 1.52. The van der Waals surface area contributed by atoms with Crippen LogP contribution >= 0.6 is 0 Å². The van der Waals surface area contributed by atoms with Crippen molar-refractivity contribution >= 4 is 11.0 Å². The minimum absolute atomic E-state index is 0.0914. The summed E-state index contributed by atoms with van der Waals surface area (Å²) in [5.41, 5.74) is 2.60. The molecule has 1 aromatic carbocycles. The summed E-state index contributed by atoms with van der Waals surface area (Å²) in [6, 6.07) is 5.64. The maximum absolute atomic E-state index is 11.8. The molecular weight excluding hydrogens is 176 g/mol. The Morgan fingerprint density at radius 3 is 2.86 bits per heavy atom. The third kappa shape index (κ3) is 1.33. The van der Waals surface area contributed by atoms with Gasteiger partial charge in [-0.25, -0.2) is 0 Å². The van der Waals surface area contributed by atoms with Gasteiger partial charge in [0.1, 0.15) is 5.58 Å². The Kier molecular flexibility index (Phi) is 2.12. The quantitative estimate of drug-likeness (QED) is 0.688. The molecule has 0 radical (unpaired) electrons. The van der Waals surface area contributed by atoms with E-state index < -0.39 is 0 Å². The molecule has 0 saturated heterocycles. The number of benzene rings is 1. The molecule has 0 saturated carbocycles. The lowest BCUT2D eigenvalue weighted by molar-refractivity contribution is 0.593. The molecule has 2 rings (SSSR count). The van der Waals surface area contributed by atoms with Crippen LogP contribution in [0.2, 0.25) is 0 Å². The van der Waals surface area contributed by atoms with Crippen molar-refractivity contribution in [3.63, 3.8) is 0 Å². The Balaban J connectivity index is 2.84. The van der Waals surface area contributed by atoms with Gasteiger partial charge < -0.3 is 4.42 Å². The van der Waals surface area contributed by atoms with E-state index in [4.69, 9.17) is 4.42 Å². The molecule has 0 N–H and O–H groups in total. The van der Waals surface area contributed by atoms with Crippen LogP contribution in [0.4, 0.5) is 0 Å². The molecule has 0 amide bonds. The number of rotatable bonds is 1. The van der Waals surface area contributed by atoms with Gasteiger partial charge in [0.15, 0.2) is 5.43 Å². The van der Waals surface area contributed by atoms with Crippen LogP contribution in [-0.4, -0.2) is 0 Å². The van der Waals surface area contributed by atoms with Crippen LogP contribution in [0, 0.1) is 6.92 Å². The van der Waals surface area contributed by atoms with Crippen molar-refractivity contribution in [2.45, 2.75) is 20.3 Å². The molecule has 0 fully saturated rings. The third-order valence-electron chi connectivity index (χ3n) is 2.38. The van der Waals surface area contributed by atoms with E-state index in [-0.39, 0.29) is 5.43 Å². The summed E-state index contributed by atoms with van der Waals surface area (Å²) < 4.78 is 5.40. The Morgan fingerprint density at radius 2 is 2.14 bits per heavy atom. The van der Waals surface area contributed by atoms with Crippen LogP contribution in [0.15, 0.2) is 33.7 Å². The molecule has 0 spiro atoms. The van der Waals surface area contributed by atoms with Gasteiger partial charge in [0.25, 0.3) is 0 Å². The molecule has 2 aromatic rings. The highest BCUT2D eigenvalue weighted by Crippen LogP contribution is 2.13. The van der Waals surface area contributed by atoms with Crippen LogP contribution in [0.25, 0.3) is 11.0 Å². The number of hydrogen-bond acceptors (Lipinski definition) is 2. The topological polar surface area (TPSA) is 30.2 Å². The van der Waals surface area contributed by atoms with Gasteiger partial charge >= 0.3 is 0 Å². The monoisotopic (exact) mass is 188 g/mol. The van der Waals surface area contributed by atoms with Crippen LogP contribution in [0.5, 0.6) is 0 Å². The molecule has 14 heavy (non-hydrogen) atoms. The van der Waals surface area contributed by atoms with Gasteiger partial charge in [0, 0.05) is 5.56 Å². The summed E-state index contributed by atoms with van der Waals surface area (Å²) in [6.07, 6.45) is 2.27. The van der Waals surface area contributed by atoms with Gasteiger partial charge in [-0.15, -0.1) is 0 Å². The molecule has 72 valence electrons. The highest BCUT2D eigenvalue weighted by Gasteiger charge is 2.04. The normalized spacial score (nSPS) is 10.7. The Morgan fingerprint density at radius 1 is 1.36 bits per heavy atom. The average molecular weight is 188 g/mol. The van der Waals surface area contributed by atoms with E-state index in [9.17, 15) is 4.79 Å². The second-order valence-corrected chi connectivity index (χ2v) is 3.44. The van der Waals surface area contributed by atoms with Crippen LogP contribution < -0.4 is 5.43 Å². The molecule has 0 atom stereocenters. The molecule has 1 aromatic heterocycles. The molecule has 0 aliphatic heterocycles. The maximum Gasteiger partial charge on any atom is 0.195 e. The Labute approximate surface area is 82.2 Å². The zero-order valence-electron chi connectivity index (χ0n) is 8.33. The highest BCUT2D eigenvalue weighted by atomic mass is 16.3. The first-order chi connectivity index (χ1) is 6.72. The zero-order chi connectivity index (χ0) is 10.1. The second-order valence-electron chi connectivity index (χ2n) is 3.44. The van der Waals surface area contributed by atoms with Crippen molar-refractivity contribution in [1.29, 1.82) is 0 Å². The molecule has 1 heterocycles. The fraction of sp³-hybridized carbons (Fsp3) is 0.250. The lowest BCUT2D eigenvalue weighted by atomic mass is 10.1. The first-order valence-corrected chi connectivity index (χ1v) is 4.73. The van der Waals surface area contributed by atoms with E-state index in [2.05, 4.69) is 0 Å². The number of aryl methyl sites for hydroxylation is 2. The van der Waals surface area contributed by atoms with E-state index >= 15 is 0 Å². The summed E-state index contributed by atoms with van der Waals surface area (Å²) in [5, 5.41) is 0.676. The highest BCUT2D eigenvalue weighted by molar-refractivity contribution is 5.77. The van der Waals surface area contributed by atoms with Crippen molar-refractivity contribution in [3.8, 4) is 0 Å². The van der Waals surface area contributed by atoms with Gasteiger partial charge in [0.05, 0.1) is 11.6 Å². The van der Waals surface area contributed by atoms with Gasteiger partial charge in [0.2, 0.25) is 0 Å². The Bertz CT molecular complexity index is 523. The lowest BCUT2D eigenvalue weighted by Gasteiger charge is -2.00. The van der Waals surface area contributed by atoms with E-state index in [0.29, 0.717) is 17.4 Å². The van der Waals surface area contributed by atoms with E-state index in [1.807, 2.05) is 32.0 Å². The van der Waals surface area contributed by atoms with Crippen molar-refractivity contribution < 1.29 is 4.42 Å². The summed E-state index contributed by atoms with van der Waals surface area (Å²) >= 11 is 0. The van der Waals surface area contributed by atoms with Crippen molar-refractivity contribution in [2.75, 3.05) is 0 Å². The Hall–Kier alpha value is -1.57. The standard InChI is InChI=1S/C12H12O2/c1-3-9-7-14-11-6-8(2)4-5-10(11)12(9)13/h4-7H,3H2,1-2H3. The molecular formula is C12H12O2. The van der Waals surface area contributed by atoms with E-state index in [0.717, 1.165) is 11.1 Å². The van der Waals surface area contributed by atoms with Crippen LogP contribution in [0.1, 0.15) is 18.1 Å². The third-order valence-corrected chi connectivity index (χ3v) is 2.38. The van der Waals surface area contributed by atoms with E-state index in [1.165, 1.54) is 0 Å². The molecule has 0 bridgehead atoms. The predicted octanol–water partition coefficient (Wildman–Crippen LogP) is 2.66. The van der Waals surface area contributed by atoms with E-state index in [1.54, 1.807) is 6.26 Å². The van der Waals surface area contributed by atoms with Gasteiger partial charge in [-0.05, 0) is 31.0 Å². The summed E-state index contributed by atoms with van der Waals surface area (Å²) in [6.45, 7) is 3.93. The van der Waals surface area contributed by atoms with Gasteiger partial charge in [-0.3, -0.25) is 4.79 Å². The largest absolute Gasteiger partial charge is 0.464 e. The zero-order valence-corrected chi connectivity index (χ0v) is 8.33. The first kappa shape index (κ1) is 9.00. The average Bonchev–Trinajstić information content (AvgIpc) is 2.18. The smallest absolute Gasteiger partial charge is 0.195 e. The summed E-state index contributed by atoms with van der Waals surface area (Å²) in [4.78, 5) is 11.8. The minimum Gasteiger partial charge on any atom is -0.464 e. The first-order valence-electron chi connectivity index (χ1n) is 4.73. The molecule has 2 heteroatoms. The molecule has 0 aliphatic rings.